The van der Waals surface area contributed by atoms with Crippen LogP contribution in [0.25, 0.3) is 20.7 Å². The molecule has 6 heteroatoms. The molecule has 0 saturated heterocycles. The summed E-state index contributed by atoms with van der Waals surface area (Å²) in [7, 11) is 3.34. The van der Waals surface area contributed by atoms with Crippen molar-refractivity contribution in [1.29, 1.82) is 0 Å². The molecule has 0 aliphatic carbocycles. The van der Waals surface area contributed by atoms with Gasteiger partial charge in [-0.1, -0.05) is 30.3 Å². The summed E-state index contributed by atoms with van der Waals surface area (Å²) in [6, 6.07) is 9.95. The smallest absolute Gasteiger partial charge is 0.262 e. The Balaban J connectivity index is 2.13. The van der Waals surface area contributed by atoms with Crippen LogP contribution in [0.1, 0.15) is 5.56 Å². The third-order valence-corrected chi connectivity index (χ3v) is 5.01. The first-order chi connectivity index (χ1) is 11.0. The summed E-state index contributed by atoms with van der Waals surface area (Å²) in [5.41, 5.74) is 1.82. The maximum absolute atomic E-state index is 12.7. The van der Waals surface area contributed by atoms with E-state index in [1.807, 2.05) is 37.3 Å². The van der Waals surface area contributed by atoms with Crippen LogP contribution in [-0.2, 0) is 11.3 Å². The zero-order valence-corrected chi connectivity index (χ0v) is 14.1. The summed E-state index contributed by atoms with van der Waals surface area (Å²) >= 11 is 1.51. The van der Waals surface area contributed by atoms with Gasteiger partial charge in [-0.15, -0.1) is 11.3 Å². The molecule has 0 aliphatic heterocycles. The molecule has 0 aliphatic rings. The molecule has 0 radical (unpaired) electrons. The Kier molecular flexibility index (Phi) is 4.00. The molecule has 2 heterocycles. The Bertz CT molecular complexity index is 926. The molecule has 0 unspecified atom stereocenters. The van der Waals surface area contributed by atoms with Gasteiger partial charge in [-0.3, -0.25) is 14.2 Å². The molecule has 3 rings (SSSR count). The summed E-state index contributed by atoms with van der Waals surface area (Å²) < 4.78 is 1.37. The number of nitrogens with zero attached hydrogens (tertiary/aromatic N) is 3. The van der Waals surface area contributed by atoms with Crippen LogP contribution in [0.4, 0.5) is 0 Å². The molecule has 0 fully saturated rings. The molecule has 118 valence electrons. The molecular formula is C17H17N3O2S. The van der Waals surface area contributed by atoms with E-state index >= 15 is 0 Å². The molecule has 23 heavy (non-hydrogen) atoms. The van der Waals surface area contributed by atoms with E-state index in [2.05, 4.69) is 4.98 Å². The van der Waals surface area contributed by atoms with Gasteiger partial charge in [0.1, 0.15) is 11.4 Å². The lowest BCUT2D eigenvalue weighted by atomic mass is 10.1. The predicted molar refractivity (Wildman–Crippen MR) is 92.7 cm³/mol. The van der Waals surface area contributed by atoms with Gasteiger partial charge < -0.3 is 4.90 Å². The van der Waals surface area contributed by atoms with Crippen molar-refractivity contribution in [3.8, 4) is 10.4 Å². The van der Waals surface area contributed by atoms with Crippen LogP contribution in [0, 0.1) is 6.92 Å². The number of carbonyl (C=O) groups is 1. The van der Waals surface area contributed by atoms with Crippen molar-refractivity contribution >= 4 is 27.5 Å². The molecule has 0 saturated carbocycles. The third-order valence-electron chi connectivity index (χ3n) is 3.76. The minimum absolute atomic E-state index is 0.00469. The summed E-state index contributed by atoms with van der Waals surface area (Å²) in [4.78, 5) is 32.2. The van der Waals surface area contributed by atoms with Gasteiger partial charge >= 0.3 is 0 Å². The van der Waals surface area contributed by atoms with Crippen molar-refractivity contribution < 1.29 is 4.79 Å². The van der Waals surface area contributed by atoms with E-state index in [1.54, 1.807) is 14.1 Å². The topological polar surface area (TPSA) is 55.2 Å². The number of aromatic nitrogens is 2. The summed E-state index contributed by atoms with van der Waals surface area (Å²) in [5, 5.41) is 0.600. The molecule has 1 aromatic carbocycles. The van der Waals surface area contributed by atoms with Gasteiger partial charge in [-0.05, 0) is 18.1 Å². The zero-order valence-electron chi connectivity index (χ0n) is 13.2. The second-order valence-electron chi connectivity index (χ2n) is 5.57. The zero-order chi connectivity index (χ0) is 16.6. The monoisotopic (exact) mass is 327 g/mol. The SMILES string of the molecule is Cc1c(-c2ccccc2)sc2ncn(CC(=O)N(C)C)c(=O)c12. The fraction of sp³-hybridized carbons (Fsp3) is 0.235. The van der Waals surface area contributed by atoms with E-state index in [0.717, 1.165) is 16.0 Å². The normalized spacial score (nSPS) is 10.9. The number of likely N-dealkylation sites (N-methyl/N-ethyl adjacent to an activating group) is 1. The summed E-state index contributed by atoms with van der Waals surface area (Å²) in [5.74, 6) is -0.135. The highest BCUT2D eigenvalue weighted by atomic mass is 32.1. The lowest BCUT2D eigenvalue weighted by molar-refractivity contribution is -0.129. The maximum atomic E-state index is 12.7. The highest BCUT2D eigenvalue weighted by molar-refractivity contribution is 7.22. The van der Waals surface area contributed by atoms with Crippen LogP contribution in [0.15, 0.2) is 41.5 Å². The number of hydrogen-bond acceptors (Lipinski definition) is 4. The van der Waals surface area contributed by atoms with Gasteiger partial charge in [-0.25, -0.2) is 4.98 Å². The van der Waals surface area contributed by atoms with E-state index in [0.29, 0.717) is 10.2 Å². The lowest BCUT2D eigenvalue weighted by Crippen LogP contribution is -2.31. The third kappa shape index (κ3) is 2.77. The number of aryl methyl sites for hydroxylation is 1. The summed E-state index contributed by atoms with van der Waals surface area (Å²) in [6.07, 6.45) is 1.46. The predicted octanol–water partition coefficient (Wildman–Crippen LogP) is 2.52. The Morgan fingerprint density at radius 2 is 1.96 bits per heavy atom. The summed E-state index contributed by atoms with van der Waals surface area (Å²) in [6.45, 7) is 1.94. The minimum atomic E-state index is -0.166. The average Bonchev–Trinajstić information content (AvgIpc) is 2.88. The number of rotatable bonds is 3. The molecular weight excluding hydrogens is 310 g/mol. The Hall–Kier alpha value is -2.47. The average molecular weight is 327 g/mol. The Morgan fingerprint density at radius 3 is 2.61 bits per heavy atom. The van der Waals surface area contributed by atoms with Gasteiger partial charge in [0, 0.05) is 19.0 Å². The first-order valence-electron chi connectivity index (χ1n) is 7.23. The van der Waals surface area contributed by atoms with Crippen molar-refractivity contribution in [3.63, 3.8) is 0 Å². The van der Waals surface area contributed by atoms with Crippen molar-refractivity contribution in [2.75, 3.05) is 14.1 Å². The molecule has 2 aromatic heterocycles. The number of hydrogen-bond donors (Lipinski definition) is 0. The van der Waals surface area contributed by atoms with Crippen molar-refractivity contribution in [1.82, 2.24) is 14.5 Å². The van der Waals surface area contributed by atoms with Crippen molar-refractivity contribution in [2.45, 2.75) is 13.5 Å². The van der Waals surface area contributed by atoms with E-state index in [9.17, 15) is 9.59 Å². The minimum Gasteiger partial charge on any atom is -0.347 e. The van der Waals surface area contributed by atoms with Crippen LogP contribution in [0.5, 0.6) is 0 Å². The van der Waals surface area contributed by atoms with Gasteiger partial charge in [0.2, 0.25) is 5.91 Å². The number of amides is 1. The van der Waals surface area contributed by atoms with Crippen LogP contribution in [-0.4, -0.2) is 34.5 Å². The largest absolute Gasteiger partial charge is 0.347 e. The first-order valence-corrected chi connectivity index (χ1v) is 8.05. The molecule has 0 spiro atoms. The molecule has 0 N–H and O–H groups in total. The fourth-order valence-electron chi connectivity index (χ4n) is 2.42. The second kappa shape index (κ2) is 5.96. The Labute approximate surface area is 137 Å². The molecule has 1 amide bonds. The number of carbonyl (C=O) groups excluding carboxylic acids is 1. The molecule has 0 bridgehead atoms. The lowest BCUT2D eigenvalue weighted by Gasteiger charge is -2.11. The highest BCUT2D eigenvalue weighted by Crippen LogP contribution is 2.35. The van der Waals surface area contributed by atoms with Crippen molar-refractivity contribution in [2.24, 2.45) is 0 Å². The van der Waals surface area contributed by atoms with Crippen LogP contribution in [0.2, 0.25) is 0 Å². The van der Waals surface area contributed by atoms with Gasteiger partial charge in [0.05, 0.1) is 11.7 Å². The van der Waals surface area contributed by atoms with E-state index in [4.69, 9.17) is 0 Å². The molecule has 3 aromatic rings. The van der Waals surface area contributed by atoms with E-state index < -0.39 is 0 Å². The quantitative estimate of drug-likeness (QED) is 0.743. The second-order valence-corrected chi connectivity index (χ2v) is 6.57. The number of thiophene rings is 1. The van der Waals surface area contributed by atoms with Gasteiger partial charge in [0.15, 0.2) is 0 Å². The van der Waals surface area contributed by atoms with Crippen molar-refractivity contribution in [3.05, 3.63) is 52.6 Å². The first kappa shape index (κ1) is 15.4. The standard InChI is InChI=1S/C17H17N3O2S/c1-11-14-16(23-15(11)12-7-5-4-6-8-12)18-10-20(17(14)22)9-13(21)19(2)3/h4-8,10H,9H2,1-3H3. The van der Waals surface area contributed by atoms with E-state index in [1.165, 1.54) is 27.1 Å². The highest BCUT2D eigenvalue weighted by Gasteiger charge is 2.16. The molecule has 5 nitrogen and oxygen atoms in total. The van der Waals surface area contributed by atoms with Gasteiger partial charge in [0.25, 0.3) is 5.56 Å². The maximum Gasteiger partial charge on any atom is 0.262 e. The molecule has 0 atom stereocenters. The number of benzene rings is 1. The van der Waals surface area contributed by atoms with Gasteiger partial charge in [-0.2, -0.15) is 0 Å². The Morgan fingerprint density at radius 1 is 1.26 bits per heavy atom. The van der Waals surface area contributed by atoms with Crippen LogP contribution in [0.3, 0.4) is 0 Å². The fourth-order valence-corrected chi connectivity index (χ4v) is 3.57. The van der Waals surface area contributed by atoms with Crippen LogP contribution < -0.4 is 5.56 Å². The van der Waals surface area contributed by atoms with Crippen LogP contribution >= 0.6 is 11.3 Å². The van der Waals surface area contributed by atoms with E-state index in [-0.39, 0.29) is 18.0 Å². The number of fused-ring (bicyclic) bond motifs is 1.